The Labute approximate surface area is 137 Å². The van der Waals surface area contributed by atoms with Crippen molar-refractivity contribution in [3.05, 3.63) is 60.3 Å². The van der Waals surface area contributed by atoms with Gasteiger partial charge in [0.2, 0.25) is 5.82 Å². The molecular weight excluding hydrogens is 304 g/mol. The van der Waals surface area contributed by atoms with Crippen molar-refractivity contribution in [1.82, 2.24) is 25.2 Å². The minimum atomic E-state index is -0.171. The smallest absolute Gasteiger partial charge is 0.255 e. The Morgan fingerprint density at radius 3 is 2.92 bits per heavy atom. The van der Waals surface area contributed by atoms with E-state index in [1.54, 1.807) is 13.1 Å². The summed E-state index contributed by atoms with van der Waals surface area (Å²) in [4.78, 5) is 17.0. The molecule has 2 heterocycles. The molecule has 2 N–H and O–H groups in total. The Hall–Kier alpha value is -3.48. The number of rotatable bonds is 3. The van der Waals surface area contributed by atoms with Crippen LogP contribution in [0.5, 0.6) is 0 Å². The molecule has 0 bridgehead atoms. The van der Waals surface area contributed by atoms with Crippen LogP contribution >= 0.6 is 0 Å². The molecule has 118 valence electrons. The average molecular weight is 318 g/mol. The summed E-state index contributed by atoms with van der Waals surface area (Å²) < 4.78 is 0. The number of benzene rings is 2. The van der Waals surface area contributed by atoms with E-state index in [0.29, 0.717) is 17.1 Å². The van der Waals surface area contributed by atoms with Gasteiger partial charge in [0.15, 0.2) is 0 Å². The maximum Gasteiger partial charge on any atom is 0.255 e. The van der Waals surface area contributed by atoms with E-state index in [1.807, 2.05) is 48.7 Å². The number of fused-ring (bicyclic) bond motifs is 1. The second kappa shape index (κ2) is 5.62. The molecule has 2 aromatic heterocycles. The number of H-pyrrole nitrogens is 1. The van der Waals surface area contributed by atoms with Gasteiger partial charge < -0.3 is 10.3 Å². The quantitative estimate of drug-likeness (QED) is 0.608. The second-order valence-electron chi connectivity index (χ2n) is 5.42. The number of aromatic amines is 1. The maximum absolute atomic E-state index is 12.5. The highest BCUT2D eigenvalue weighted by Gasteiger charge is 2.09. The highest BCUT2D eigenvalue weighted by atomic mass is 16.1. The first-order valence-electron chi connectivity index (χ1n) is 7.42. The fourth-order valence-electron chi connectivity index (χ4n) is 2.53. The van der Waals surface area contributed by atoms with Crippen LogP contribution in [-0.4, -0.2) is 31.1 Å². The van der Waals surface area contributed by atoms with Gasteiger partial charge in [-0.05, 0) is 40.9 Å². The van der Waals surface area contributed by atoms with Gasteiger partial charge in [-0.1, -0.05) is 18.2 Å². The number of aryl methyl sites for hydroxylation is 1. The fraction of sp³-hybridized carbons (Fsp3) is 0.0588. The number of aromatic nitrogens is 5. The molecule has 1 amide bonds. The van der Waals surface area contributed by atoms with Gasteiger partial charge in [0, 0.05) is 28.5 Å². The van der Waals surface area contributed by atoms with Gasteiger partial charge in [0.1, 0.15) is 0 Å². The van der Waals surface area contributed by atoms with Crippen molar-refractivity contribution < 1.29 is 4.79 Å². The fourth-order valence-corrected chi connectivity index (χ4v) is 2.53. The van der Waals surface area contributed by atoms with E-state index in [2.05, 4.69) is 25.7 Å². The molecule has 7 nitrogen and oxygen atoms in total. The van der Waals surface area contributed by atoms with Crippen LogP contribution in [0.2, 0.25) is 0 Å². The predicted molar refractivity (Wildman–Crippen MR) is 90.5 cm³/mol. The van der Waals surface area contributed by atoms with Crippen molar-refractivity contribution >= 4 is 22.5 Å². The molecule has 0 saturated carbocycles. The van der Waals surface area contributed by atoms with Crippen LogP contribution in [0, 0.1) is 0 Å². The summed E-state index contributed by atoms with van der Waals surface area (Å²) in [5.41, 5.74) is 2.99. The lowest BCUT2D eigenvalue weighted by Gasteiger charge is -2.06. The van der Waals surface area contributed by atoms with Crippen LogP contribution in [0.1, 0.15) is 10.4 Å². The molecule has 0 saturated heterocycles. The molecule has 2 aromatic carbocycles. The first-order chi connectivity index (χ1) is 11.7. The van der Waals surface area contributed by atoms with Crippen LogP contribution < -0.4 is 5.32 Å². The highest BCUT2D eigenvalue weighted by Crippen LogP contribution is 2.20. The number of carbonyl (C=O) groups excluding carboxylic acids is 1. The lowest BCUT2D eigenvalue weighted by atomic mass is 10.1. The molecule has 0 spiro atoms. The summed E-state index contributed by atoms with van der Waals surface area (Å²) in [5.74, 6) is 0.345. The number of hydrogen-bond acceptors (Lipinski definition) is 4. The topological polar surface area (TPSA) is 88.5 Å². The Morgan fingerprint density at radius 2 is 2.08 bits per heavy atom. The summed E-state index contributed by atoms with van der Waals surface area (Å²) in [6, 6.07) is 14.9. The molecule has 4 rings (SSSR count). The zero-order valence-electron chi connectivity index (χ0n) is 12.9. The molecule has 0 aliphatic heterocycles. The summed E-state index contributed by atoms with van der Waals surface area (Å²) >= 11 is 0. The van der Waals surface area contributed by atoms with E-state index in [-0.39, 0.29) is 5.91 Å². The van der Waals surface area contributed by atoms with Gasteiger partial charge >= 0.3 is 0 Å². The van der Waals surface area contributed by atoms with Gasteiger partial charge in [-0.2, -0.15) is 4.80 Å². The van der Waals surface area contributed by atoms with Crippen molar-refractivity contribution in [2.24, 2.45) is 7.05 Å². The van der Waals surface area contributed by atoms with Crippen molar-refractivity contribution in [2.45, 2.75) is 0 Å². The van der Waals surface area contributed by atoms with E-state index in [4.69, 9.17) is 0 Å². The van der Waals surface area contributed by atoms with Crippen LogP contribution in [0.3, 0.4) is 0 Å². The monoisotopic (exact) mass is 318 g/mol. The van der Waals surface area contributed by atoms with Crippen LogP contribution in [-0.2, 0) is 7.05 Å². The van der Waals surface area contributed by atoms with Gasteiger partial charge in [-0.25, -0.2) is 0 Å². The van der Waals surface area contributed by atoms with Crippen LogP contribution in [0.4, 0.5) is 5.69 Å². The van der Waals surface area contributed by atoms with Crippen molar-refractivity contribution in [3.63, 3.8) is 0 Å². The number of carbonyl (C=O) groups is 1. The summed E-state index contributed by atoms with van der Waals surface area (Å²) in [5, 5.41) is 15.9. The van der Waals surface area contributed by atoms with E-state index < -0.39 is 0 Å². The maximum atomic E-state index is 12.5. The van der Waals surface area contributed by atoms with E-state index in [9.17, 15) is 4.79 Å². The molecule has 24 heavy (non-hydrogen) atoms. The zero-order chi connectivity index (χ0) is 16.5. The first kappa shape index (κ1) is 14.1. The van der Waals surface area contributed by atoms with Crippen molar-refractivity contribution in [2.75, 3.05) is 5.32 Å². The third-order valence-electron chi connectivity index (χ3n) is 3.70. The summed E-state index contributed by atoms with van der Waals surface area (Å²) in [6.45, 7) is 0. The largest absolute Gasteiger partial charge is 0.361 e. The summed E-state index contributed by atoms with van der Waals surface area (Å²) in [6.07, 6.45) is 1.85. The number of amides is 1. The normalized spacial score (nSPS) is 10.9. The van der Waals surface area contributed by atoms with Crippen LogP contribution in [0.15, 0.2) is 54.7 Å². The molecule has 0 aliphatic carbocycles. The molecule has 0 radical (unpaired) electrons. The minimum absolute atomic E-state index is 0.171. The van der Waals surface area contributed by atoms with Gasteiger partial charge in [-0.15, -0.1) is 10.2 Å². The number of hydrogen-bond donors (Lipinski definition) is 2. The minimum Gasteiger partial charge on any atom is -0.361 e. The van der Waals surface area contributed by atoms with E-state index in [0.717, 1.165) is 16.5 Å². The Balaban J connectivity index is 1.59. The molecule has 4 aromatic rings. The molecule has 7 heteroatoms. The third kappa shape index (κ3) is 2.63. The molecule has 0 unspecified atom stereocenters. The molecule has 0 fully saturated rings. The average Bonchev–Trinajstić information content (AvgIpc) is 3.23. The predicted octanol–water partition coefficient (Wildman–Crippen LogP) is 2.61. The second-order valence-corrected chi connectivity index (χ2v) is 5.42. The SMILES string of the molecule is Cn1nnc(-c2cccc(NC(=O)c3ccc4cc[nH]c4c3)c2)n1. The van der Waals surface area contributed by atoms with Crippen molar-refractivity contribution in [1.29, 1.82) is 0 Å². The summed E-state index contributed by atoms with van der Waals surface area (Å²) in [7, 11) is 1.71. The standard InChI is InChI=1S/C17H14N6O/c1-23-21-16(20-22-23)12-3-2-4-14(9-12)19-17(24)13-6-5-11-7-8-18-15(11)10-13/h2-10,18H,1H3,(H,19,24). The molecular formula is C17H14N6O. The van der Waals surface area contributed by atoms with Gasteiger partial charge in [0.25, 0.3) is 5.91 Å². The highest BCUT2D eigenvalue weighted by molar-refractivity contribution is 6.06. The lowest BCUT2D eigenvalue weighted by molar-refractivity contribution is 0.102. The van der Waals surface area contributed by atoms with E-state index >= 15 is 0 Å². The lowest BCUT2D eigenvalue weighted by Crippen LogP contribution is -2.11. The third-order valence-corrected chi connectivity index (χ3v) is 3.70. The Bertz CT molecular complexity index is 1030. The molecule has 0 aliphatic rings. The Morgan fingerprint density at radius 1 is 1.17 bits per heavy atom. The number of nitrogens with zero attached hydrogens (tertiary/aromatic N) is 4. The van der Waals surface area contributed by atoms with Crippen LogP contribution in [0.25, 0.3) is 22.3 Å². The van der Waals surface area contributed by atoms with Gasteiger partial charge in [0.05, 0.1) is 7.05 Å². The number of anilines is 1. The number of nitrogens with one attached hydrogen (secondary N) is 2. The first-order valence-corrected chi connectivity index (χ1v) is 7.42. The zero-order valence-corrected chi connectivity index (χ0v) is 12.9. The molecule has 0 atom stereocenters. The van der Waals surface area contributed by atoms with Gasteiger partial charge in [-0.3, -0.25) is 4.79 Å². The Kier molecular flexibility index (Phi) is 3.31. The van der Waals surface area contributed by atoms with Crippen molar-refractivity contribution in [3.8, 4) is 11.4 Å². The number of tetrazole rings is 1. The van der Waals surface area contributed by atoms with E-state index in [1.165, 1.54) is 4.80 Å².